The molecule has 0 saturated carbocycles. The maximum absolute atomic E-state index is 12.0. The Hall–Kier alpha value is -1.87. The highest BCUT2D eigenvalue weighted by atomic mass is 35.5. The van der Waals surface area contributed by atoms with Gasteiger partial charge in [-0.25, -0.2) is 0 Å². The lowest BCUT2D eigenvalue weighted by Gasteiger charge is -2.09. The SMILES string of the molecule is Cc1cc(C(=O)Nc2cccc(Cl)c2C)ccn1. The second kappa shape index (κ2) is 5.19. The number of hydrogen-bond donors (Lipinski definition) is 1. The molecule has 0 atom stereocenters. The number of hydrogen-bond acceptors (Lipinski definition) is 2. The largest absolute Gasteiger partial charge is 0.322 e. The predicted molar refractivity (Wildman–Crippen MR) is 73.1 cm³/mol. The molecular weight excluding hydrogens is 248 g/mol. The molecule has 0 unspecified atom stereocenters. The fraction of sp³-hybridized carbons (Fsp3) is 0.143. The van der Waals surface area contributed by atoms with Gasteiger partial charge in [0.2, 0.25) is 0 Å². The van der Waals surface area contributed by atoms with E-state index in [9.17, 15) is 4.79 Å². The molecule has 0 spiro atoms. The number of aromatic nitrogens is 1. The van der Waals surface area contributed by atoms with Crippen molar-refractivity contribution >= 4 is 23.2 Å². The molecule has 0 radical (unpaired) electrons. The van der Waals surface area contributed by atoms with Gasteiger partial charge in [-0.05, 0) is 43.7 Å². The second-order valence-corrected chi connectivity index (χ2v) is 4.46. The van der Waals surface area contributed by atoms with Crippen LogP contribution in [0.1, 0.15) is 21.6 Å². The Morgan fingerprint density at radius 1 is 1.28 bits per heavy atom. The van der Waals surface area contributed by atoms with Crippen molar-refractivity contribution in [3.05, 3.63) is 58.4 Å². The van der Waals surface area contributed by atoms with Gasteiger partial charge in [-0.3, -0.25) is 9.78 Å². The van der Waals surface area contributed by atoms with E-state index in [2.05, 4.69) is 10.3 Å². The first-order chi connectivity index (χ1) is 8.58. The summed E-state index contributed by atoms with van der Waals surface area (Å²) in [5, 5.41) is 3.48. The number of pyridine rings is 1. The van der Waals surface area contributed by atoms with Gasteiger partial charge in [-0.1, -0.05) is 17.7 Å². The molecule has 2 aromatic rings. The van der Waals surface area contributed by atoms with Crippen LogP contribution in [0.2, 0.25) is 5.02 Å². The molecule has 0 aliphatic carbocycles. The minimum Gasteiger partial charge on any atom is -0.322 e. The Morgan fingerprint density at radius 3 is 2.78 bits per heavy atom. The highest BCUT2D eigenvalue weighted by molar-refractivity contribution is 6.31. The molecule has 0 fully saturated rings. The molecule has 4 heteroatoms. The van der Waals surface area contributed by atoms with Gasteiger partial charge in [0.1, 0.15) is 0 Å². The Labute approximate surface area is 111 Å². The van der Waals surface area contributed by atoms with Crippen molar-refractivity contribution in [1.82, 2.24) is 4.98 Å². The molecule has 3 nitrogen and oxygen atoms in total. The third-order valence-corrected chi connectivity index (χ3v) is 3.08. The number of aryl methyl sites for hydroxylation is 1. The van der Waals surface area contributed by atoms with Crippen LogP contribution < -0.4 is 5.32 Å². The summed E-state index contributed by atoms with van der Waals surface area (Å²) < 4.78 is 0. The van der Waals surface area contributed by atoms with E-state index in [0.717, 1.165) is 16.9 Å². The summed E-state index contributed by atoms with van der Waals surface area (Å²) in [7, 11) is 0. The van der Waals surface area contributed by atoms with Crippen LogP contribution in [0.4, 0.5) is 5.69 Å². The van der Waals surface area contributed by atoms with Crippen molar-refractivity contribution in [2.24, 2.45) is 0 Å². The van der Waals surface area contributed by atoms with Crippen LogP contribution in [0.3, 0.4) is 0 Å². The lowest BCUT2D eigenvalue weighted by Crippen LogP contribution is -2.13. The monoisotopic (exact) mass is 260 g/mol. The molecule has 92 valence electrons. The van der Waals surface area contributed by atoms with E-state index in [1.54, 1.807) is 24.4 Å². The second-order valence-electron chi connectivity index (χ2n) is 4.05. The number of carbonyl (C=O) groups is 1. The van der Waals surface area contributed by atoms with Gasteiger partial charge in [-0.2, -0.15) is 0 Å². The zero-order chi connectivity index (χ0) is 13.1. The summed E-state index contributed by atoms with van der Waals surface area (Å²) in [6, 6.07) is 8.86. The lowest BCUT2D eigenvalue weighted by atomic mass is 10.1. The van der Waals surface area contributed by atoms with E-state index in [-0.39, 0.29) is 5.91 Å². The molecule has 1 amide bonds. The van der Waals surface area contributed by atoms with Crippen LogP contribution in [-0.2, 0) is 0 Å². The molecular formula is C14H13ClN2O. The molecule has 0 bridgehead atoms. The van der Waals surface area contributed by atoms with Gasteiger partial charge in [0.05, 0.1) is 0 Å². The van der Waals surface area contributed by atoms with Gasteiger partial charge >= 0.3 is 0 Å². The van der Waals surface area contributed by atoms with Crippen molar-refractivity contribution in [3.63, 3.8) is 0 Å². The molecule has 1 N–H and O–H groups in total. The molecule has 1 heterocycles. The molecule has 1 aromatic carbocycles. The van der Waals surface area contributed by atoms with Crippen molar-refractivity contribution in [1.29, 1.82) is 0 Å². The maximum Gasteiger partial charge on any atom is 0.255 e. The fourth-order valence-corrected chi connectivity index (χ4v) is 1.80. The minimum absolute atomic E-state index is 0.161. The number of rotatable bonds is 2. The molecule has 0 saturated heterocycles. The van der Waals surface area contributed by atoms with Crippen molar-refractivity contribution in [2.45, 2.75) is 13.8 Å². The average molecular weight is 261 g/mol. The first-order valence-electron chi connectivity index (χ1n) is 5.57. The zero-order valence-electron chi connectivity index (χ0n) is 10.2. The van der Waals surface area contributed by atoms with E-state index in [1.165, 1.54) is 0 Å². The topological polar surface area (TPSA) is 42.0 Å². The van der Waals surface area contributed by atoms with E-state index >= 15 is 0 Å². The quantitative estimate of drug-likeness (QED) is 0.896. The Kier molecular flexibility index (Phi) is 3.63. The van der Waals surface area contributed by atoms with Crippen LogP contribution in [0.25, 0.3) is 0 Å². The number of carbonyl (C=O) groups excluding carboxylic acids is 1. The third-order valence-electron chi connectivity index (χ3n) is 2.67. The highest BCUT2D eigenvalue weighted by Crippen LogP contribution is 2.23. The Bertz CT molecular complexity index is 596. The van der Waals surface area contributed by atoms with Gasteiger partial charge in [-0.15, -0.1) is 0 Å². The van der Waals surface area contributed by atoms with Crippen LogP contribution in [0.15, 0.2) is 36.5 Å². The van der Waals surface area contributed by atoms with Crippen molar-refractivity contribution in [3.8, 4) is 0 Å². The summed E-state index contributed by atoms with van der Waals surface area (Å²) in [5.41, 5.74) is 2.98. The van der Waals surface area contributed by atoms with Crippen molar-refractivity contribution < 1.29 is 4.79 Å². The third kappa shape index (κ3) is 2.68. The van der Waals surface area contributed by atoms with E-state index < -0.39 is 0 Å². The number of amides is 1. The molecule has 18 heavy (non-hydrogen) atoms. The summed E-state index contributed by atoms with van der Waals surface area (Å²) in [6.45, 7) is 3.72. The number of anilines is 1. The fourth-order valence-electron chi connectivity index (χ4n) is 1.62. The first kappa shape index (κ1) is 12.6. The summed E-state index contributed by atoms with van der Waals surface area (Å²) in [4.78, 5) is 16.1. The number of halogens is 1. The average Bonchev–Trinajstić information content (AvgIpc) is 2.35. The summed E-state index contributed by atoms with van der Waals surface area (Å²) in [5.74, 6) is -0.161. The molecule has 2 rings (SSSR count). The van der Waals surface area contributed by atoms with E-state index in [1.807, 2.05) is 26.0 Å². The van der Waals surface area contributed by atoms with Crippen LogP contribution in [0, 0.1) is 13.8 Å². The van der Waals surface area contributed by atoms with Crippen LogP contribution >= 0.6 is 11.6 Å². The van der Waals surface area contributed by atoms with Gasteiger partial charge in [0.25, 0.3) is 5.91 Å². The van der Waals surface area contributed by atoms with Gasteiger partial charge < -0.3 is 5.32 Å². The van der Waals surface area contributed by atoms with Crippen LogP contribution in [0.5, 0.6) is 0 Å². The van der Waals surface area contributed by atoms with E-state index in [0.29, 0.717) is 10.6 Å². The van der Waals surface area contributed by atoms with Crippen LogP contribution in [-0.4, -0.2) is 10.9 Å². The van der Waals surface area contributed by atoms with E-state index in [4.69, 9.17) is 11.6 Å². The maximum atomic E-state index is 12.0. The highest BCUT2D eigenvalue weighted by Gasteiger charge is 2.09. The Balaban J connectivity index is 2.24. The molecule has 0 aliphatic heterocycles. The summed E-state index contributed by atoms with van der Waals surface area (Å²) >= 11 is 6.01. The summed E-state index contributed by atoms with van der Waals surface area (Å²) in [6.07, 6.45) is 1.62. The van der Waals surface area contributed by atoms with Crippen molar-refractivity contribution in [2.75, 3.05) is 5.32 Å². The first-order valence-corrected chi connectivity index (χ1v) is 5.95. The number of nitrogens with zero attached hydrogens (tertiary/aromatic N) is 1. The lowest BCUT2D eigenvalue weighted by molar-refractivity contribution is 0.102. The van der Waals surface area contributed by atoms with Gasteiger partial charge in [0, 0.05) is 28.2 Å². The smallest absolute Gasteiger partial charge is 0.255 e. The predicted octanol–water partition coefficient (Wildman–Crippen LogP) is 3.60. The normalized spacial score (nSPS) is 10.2. The van der Waals surface area contributed by atoms with Gasteiger partial charge in [0.15, 0.2) is 0 Å². The zero-order valence-corrected chi connectivity index (χ0v) is 11.0. The standard InChI is InChI=1S/C14H13ClN2O/c1-9-8-11(6-7-16-9)14(18)17-13-5-3-4-12(15)10(13)2/h3-8H,1-2H3,(H,17,18). The minimum atomic E-state index is -0.161. The number of benzene rings is 1. The number of nitrogens with one attached hydrogen (secondary N) is 1. The molecule has 1 aromatic heterocycles. The Morgan fingerprint density at radius 2 is 2.06 bits per heavy atom. The molecule has 0 aliphatic rings.